The lowest BCUT2D eigenvalue weighted by Crippen LogP contribution is -2.49. The first-order valence-corrected chi connectivity index (χ1v) is 11.3. The quantitative estimate of drug-likeness (QED) is 0.306. The monoisotopic (exact) mass is 533 g/mol. The summed E-state index contributed by atoms with van der Waals surface area (Å²) in [5.74, 6) is 0.759. The van der Waals surface area contributed by atoms with E-state index in [1.54, 1.807) is 19.0 Å². The van der Waals surface area contributed by atoms with Crippen LogP contribution in [0.3, 0.4) is 0 Å². The zero-order valence-electron chi connectivity index (χ0n) is 18.1. The average Bonchev–Trinajstić information content (AvgIpc) is 2.71. The Morgan fingerprint density at radius 1 is 1.28 bits per heavy atom. The summed E-state index contributed by atoms with van der Waals surface area (Å²) in [4.78, 5) is 20.5. The lowest BCUT2D eigenvalue weighted by atomic mass is 10.0. The molecule has 1 fully saturated rings. The number of thioether (sulfide) groups is 1. The SMILES string of the molecule is CSC(C)CNC(=NCC(=O)N(C)C)NC1CCN(Cc2ccccc2)CC1.I. The predicted octanol–water partition coefficient (Wildman–Crippen LogP) is 2.64. The van der Waals surface area contributed by atoms with Gasteiger partial charge in [0, 0.05) is 51.6 Å². The zero-order valence-corrected chi connectivity index (χ0v) is 21.2. The molecule has 0 bridgehead atoms. The molecule has 1 saturated heterocycles. The lowest BCUT2D eigenvalue weighted by molar-refractivity contribution is -0.127. The second kappa shape index (κ2) is 14.1. The molecule has 2 N–H and O–H groups in total. The Bertz CT molecular complexity index is 621. The molecule has 8 heteroatoms. The molecule has 1 aliphatic heterocycles. The van der Waals surface area contributed by atoms with Crippen molar-refractivity contribution in [1.29, 1.82) is 0 Å². The zero-order chi connectivity index (χ0) is 20.4. The number of hydrogen-bond acceptors (Lipinski definition) is 4. The van der Waals surface area contributed by atoms with Crippen LogP contribution in [0.2, 0.25) is 0 Å². The van der Waals surface area contributed by atoms with Gasteiger partial charge in [0.1, 0.15) is 6.54 Å². The highest BCUT2D eigenvalue weighted by Gasteiger charge is 2.20. The van der Waals surface area contributed by atoms with Crippen LogP contribution in [0.25, 0.3) is 0 Å². The van der Waals surface area contributed by atoms with Crippen molar-refractivity contribution in [3.8, 4) is 0 Å². The van der Waals surface area contributed by atoms with Crippen molar-refractivity contribution in [3.63, 3.8) is 0 Å². The van der Waals surface area contributed by atoms with Crippen molar-refractivity contribution in [2.45, 2.75) is 37.6 Å². The molecule has 6 nitrogen and oxygen atoms in total. The number of hydrogen-bond donors (Lipinski definition) is 2. The van der Waals surface area contributed by atoms with Crippen LogP contribution in [0.1, 0.15) is 25.3 Å². The van der Waals surface area contributed by atoms with Gasteiger partial charge in [-0.2, -0.15) is 11.8 Å². The first-order chi connectivity index (χ1) is 13.5. The van der Waals surface area contributed by atoms with Crippen LogP contribution < -0.4 is 10.6 Å². The van der Waals surface area contributed by atoms with Gasteiger partial charge in [0.2, 0.25) is 5.91 Å². The second-order valence-corrected chi connectivity index (χ2v) is 8.84. The van der Waals surface area contributed by atoms with E-state index in [1.165, 1.54) is 5.56 Å². The van der Waals surface area contributed by atoms with Crippen molar-refractivity contribution in [2.75, 3.05) is 46.5 Å². The molecule has 29 heavy (non-hydrogen) atoms. The van der Waals surface area contributed by atoms with E-state index in [0.717, 1.165) is 45.0 Å². The summed E-state index contributed by atoms with van der Waals surface area (Å²) < 4.78 is 0. The Labute approximate surface area is 197 Å². The van der Waals surface area contributed by atoms with Crippen LogP contribution in [0, 0.1) is 0 Å². The second-order valence-electron chi connectivity index (χ2n) is 7.56. The highest BCUT2D eigenvalue weighted by Crippen LogP contribution is 2.14. The number of aliphatic imine (C=N–C) groups is 1. The number of likely N-dealkylation sites (tertiary alicyclic amines) is 1. The number of nitrogens with zero attached hydrogens (tertiary/aromatic N) is 3. The summed E-state index contributed by atoms with van der Waals surface area (Å²) in [6, 6.07) is 11.0. The van der Waals surface area contributed by atoms with Crippen LogP contribution in [-0.4, -0.2) is 79.5 Å². The molecule has 2 rings (SSSR count). The maximum absolute atomic E-state index is 11.9. The first-order valence-electron chi connectivity index (χ1n) is 10.0. The van der Waals surface area contributed by atoms with Gasteiger partial charge >= 0.3 is 0 Å². The van der Waals surface area contributed by atoms with E-state index in [9.17, 15) is 4.79 Å². The number of carbonyl (C=O) groups is 1. The van der Waals surface area contributed by atoms with Gasteiger partial charge in [0.15, 0.2) is 5.96 Å². The Balaban J connectivity index is 0.00000420. The fourth-order valence-corrected chi connectivity index (χ4v) is 3.28. The number of benzene rings is 1. The minimum atomic E-state index is 0. The van der Waals surface area contributed by atoms with Crippen molar-refractivity contribution in [3.05, 3.63) is 35.9 Å². The molecule has 0 saturated carbocycles. The fourth-order valence-electron chi connectivity index (χ4n) is 3.03. The molecule has 1 amide bonds. The molecule has 1 heterocycles. The molecule has 0 radical (unpaired) electrons. The minimum Gasteiger partial charge on any atom is -0.355 e. The van der Waals surface area contributed by atoms with Gasteiger partial charge in [0.05, 0.1) is 0 Å². The summed E-state index contributed by atoms with van der Waals surface area (Å²) >= 11 is 1.82. The number of nitrogens with one attached hydrogen (secondary N) is 2. The predicted molar refractivity (Wildman–Crippen MR) is 135 cm³/mol. The number of guanidine groups is 1. The molecule has 1 unspecified atom stereocenters. The number of rotatable bonds is 8. The normalized spacial score (nSPS) is 16.6. The summed E-state index contributed by atoms with van der Waals surface area (Å²) in [7, 11) is 3.52. The average molecular weight is 534 g/mol. The Kier molecular flexibility index (Phi) is 12.6. The van der Waals surface area contributed by atoms with Gasteiger partial charge in [-0.05, 0) is 24.7 Å². The van der Waals surface area contributed by atoms with Crippen molar-refractivity contribution < 1.29 is 4.79 Å². The van der Waals surface area contributed by atoms with Crippen LogP contribution in [0.4, 0.5) is 0 Å². The number of halogens is 1. The smallest absolute Gasteiger partial charge is 0.243 e. The first kappa shape index (κ1) is 26.0. The number of carbonyl (C=O) groups excluding carboxylic acids is 1. The third kappa shape index (κ3) is 10.0. The minimum absolute atomic E-state index is 0. The summed E-state index contributed by atoms with van der Waals surface area (Å²) in [6.45, 7) is 6.33. The molecule has 164 valence electrons. The van der Waals surface area contributed by atoms with Gasteiger partial charge in [-0.3, -0.25) is 9.69 Å². The Hall–Kier alpha value is -1.000. The standard InChI is InChI=1S/C21H35N5OS.HI/c1-17(28-4)14-22-21(23-15-20(27)25(2)3)24-19-10-12-26(13-11-19)16-18-8-6-5-7-9-18;/h5-9,17,19H,10-16H2,1-4H3,(H2,22,23,24);1H. The Morgan fingerprint density at radius 2 is 1.93 bits per heavy atom. The molecular weight excluding hydrogens is 497 g/mol. The van der Waals surface area contributed by atoms with Gasteiger partial charge in [0.25, 0.3) is 0 Å². The molecular formula is C21H36IN5OS. The topological polar surface area (TPSA) is 60.0 Å². The molecule has 0 spiro atoms. The van der Waals surface area contributed by atoms with E-state index < -0.39 is 0 Å². The van der Waals surface area contributed by atoms with Crippen LogP contribution >= 0.6 is 35.7 Å². The summed E-state index contributed by atoms with van der Waals surface area (Å²) in [5, 5.41) is 7.43. The van der Waals surface area contributed by atoms with Gasteiger partial charge < -0.3 is 15.5 Å². The van der Waals surface area contributed by atoms with Crippen molar-refractivity contribution in [1.82, 2.24) is 20.4 Å². The molecule has 1 atom stereocenters. The van der Waals surface area contributed by atoms with E-state index in [4.69, 9.17) is 0 Å². The van der Waals surface area contributed by atoms with Crippen LogP contribution in [-0.2, 0) is 11.3 Å². The summed E-state index contributed by atoms with van der Waals surface area (Å²) in [6.07, 6.45) is 4.26. The van der Waals surface area contributed by atoms with Crippen LogP contribution in [0.15, 0.2) is 35.3 Å². The van der Waals surface area contributed by atoms with Crippen LogP contribution in [0.5, 0.6) is 0 Å². The fraction of sp³-hybridized carbons (Fsp3) is 0.619. The molecule has 1 aromatic rings. The van der Waals surface area contributed by atoms with E-state index in [1.807, 2.05) is 11.8 Å². The highest BCUT2D eigenvalue weighted by atomic mass is 127. The van der Waals surface area contributed by atoms with E-state index in [-0.39, 0.29) is 36.4 Å². The molecule has 1 aromatic carbocycles. The van der Waals surface area contributed by atoms with Crippen molar-refractivity contribution in [2.24, 2.45) is 4.99 Å². The number of likely N-dealkylation sites (N-methyl/N-ethyl adjacent to an activating group) is 1. The molecule has 0 aromatic heterocycles. The van der Waals surface area contributed by atoms with Crippen molar-refractivity contribution >= 4 is 47.6 Å². The number of amides is 1. The number of piperidine rings is 1. The third-order valence-corrected chi connectivity index (χ3v) is 5.98. The van der Waals surface area contributed by atoms with E-state index in [0.29, 0.717) is 11.3 Å². The highest BCUT2D eigenvalue weighted by molar-refractivity contribution is 14.0. The van der Waals surface area contributed by atoms with Gasteiger partial charge in [-0.1, -0.05) is 37.3 Å². The van der Waals surface area contributed by atoms with E-state index in [2.05, 4.69) is 64.0 Å². The van der Waals surface area contributed by atoms with Gasteiger partial charge in [-0.25, -0.2) is 4.99 Å². The largest absolute Gasteiger partial charge is 0.355 e. The third-order valence-electron chi connectivity index (χ3n) is 5.01. The maximum Gasteiger partial charge on any atom is 0.243 e. The maximum atomic E-state index is 11.9. The lowest BCUT2D eigenvalue weighted by Gasteiger charge is -2.33. The molecule has 1 aliphatic rings. The summed E-state index contributed by atoms with van der Waals surface area (Å²) in [5.41, 5.74) is 1.37. The van der Waals surface area contributed by atoms with E-state index >= 15 is 0 Å². The molecule has 0 aliphatic carbocycles. The Morgan fingerprint density at radius 3 is 2.52 bits per heavy atom. The van der Waals surface area contributed by atoms with Gasteiger partial charge in [-0.15, -0.1) is 24.0 Å².